The van der Waals surface area contributed by atoms with Crippen molar-refractivity contribution in [2.75, 3.05) is 13.1 Å². The van der Waals surface area contributed by atoms with Crippen LogP contribution in [0.3, 0.4) is 0 Å². The molecular formula is C13H11N3O3. The SMILES string of the molecule is O=C1CN(C(=O)c2ccc3cc[nH]c3c2)CC(=O)N1. The number of imide groups is 1. The van der Waals surface area contributed by atoms with Gasteiger partial charge in [-0.05, 0) is 23.6 Å². The van der Waals surface area contributed by atoms with Gasteiger partial charge in [0, 0.05) is 17.3 Å². The minimum Gasteiger partial charge on any atom is -0.361 e. The van der Waals surface area contributed by atoms with Crippen LogP contribution in [0.5, 0.6) is 0 Å². The van der Waals surface area contributed by atoms with E-state index in [4.69, 9.17) is 0 Å². The zero-order valence-corrected chi connectivity index (χ0v) is 9.97. The number of piperazine rings is 1. The molecule has 1 saturated heterocycles. The molecule has 0 atom stereocenters. The number of rotatable bonds is 1. The summed E-state index contributed by atoms with van der Waals surface area (Å²) in [5.41, 5.74) is 1.30. The van der Waals surface area contributed by atoms with E-state index in [0.29, 0.717) is 5.56 Å². The Morgan fingerprint density at radius 2 is 1.84 bits per heavy atom. The van der Waals surface area contributed by atoms with Crippen LogP contribution in [0.25, 0.3) is 10.9 Å². The van der Waals surface area contributed by atoms with Crippen LogP contribution in [0.2, 0.25) is 0 Å². The summed E-state index contributed by atoms with van der Waals surface area (Å²) < 4.78 is 0. The molecule has 96 valence electrons. The summed E-state index contributed by atoms with van der Waals surface area (Å²) in [5, 5.41) is 3.17. The van der Waals surface area contributed by atoms with Crippen molar-refractivity contribution < 1.29 is 14.4 Å². The highest BCUT2D eigenvalue weighted by Gasteiger charge is 2.27. The normalized spacial score (nSPS) is 15.7. The number of nitrogens with one attached hydrogen (secondary N) is 2. The van der Waals surface area contributed by atoms with Gasteiger partial charge in [0.1, 0.15) is 13.1 Å². The number of nitrogens with zero attached hydrogens (tertiary/aromatic N) is 1. The van der Waals surface area contributed by atoms with Crippen LogP contribution in [-0.2, 0) is 9.59 Å². The molecule has 0 spiro atoms. The van der Waals surface area contributed by atoms with Gasteiger partial charge in [-0.15, -0.1) is 0 Å². The average molecular weight is 257 g/mol. The molecule has 0 saturated carbocycles. The van der Waals surface area contributed by atoms with Gasteiger partial charge >= 0.3 is 0 Å². The van der Waals surface area contributed by atoms with Crippen LogP contribution in [0, 0.1) is 0 Å². The molecule has 1 fully saturated rings. The van der Waals surface area contributed by atoms with Crippen LogP contribution in [0.4, 0.5) is 0 Å². The maximum absolute atomic E-state index is 12.2. The number of aromatic amines is 1. The topological polar surface area (TPSA) is 82.3 Å². The van der Waals surface area contributed by atoms with Gasteiger partial charge < -0.3 is 9.88 Å². The van der Waals surface area contributed by atoms with Crippen LogP contribution >= 0.6 is 0 Å². The Hall–Kier alpha value is -2.63. The molecule has 2 heterocycles. The van der Waals surface area contributed by atoms with Gasteiger partial charge in [-0.3, -0.25) is 19.7 Å². The number of aromatic nitrogens is 1. The number of fused-ring (bicyclic) bond motifs is 1. The maximum Gasteiger partial charge on any atom is 0.254 e. The molecule has 6 heteroatoms. The number of H-pyrrole nitrogens is 1. The summed E-state index contributed by atoms with van der Waals surface area (Å²) in [4.78, 5) is 39.0. The standard InChI is InChI=1S/C13H11N3O3/c17-11-6-16(7-12(18)15-11)13(19)9-2-1-8-3-4-14-10(8)5-9/h1-5,14H,6-7H2,(H,15,17,18). The Kier molecular flexibility index (Phi) is 2.56. The molecule has 1 aromatic carbocycles. The van der Waals surface area contributed by atoms with E-state index >= 15 is 0 Å². The lowest BCUT2D eigenvalue weighted by molar-refractivity contribution is -0.135. The highest BCUT2D eigenvalue weighted by Crippen LogP contribution is 2.16. The molecule has 2 N–H and O–H groups in total. The third kappa shape index (κ3) is 2.08. The first kappa shape index (κ1) is 11.5. The second-order valence-electron chi connectivity index (χ2n) is 4.41. The molecule has 0 radical (unpaired) electrons. The molecule has 3 rings (SSSR count). The second kappa shape index (κ2) is 4.24. The summed E-state index contributed by atoms with van der Waals surface area (Å²) in [6.45, 7) is -0.180. The number of hydrogen-bond donors (Lipinski definition) is 2. The fraction of sp³-hybridized carbons (Fsp3) is 0.154. The number of carbonyl (C=O) groups excluding carboxylic acids is 3. The Morgan fingerprint density at radius 3 is 2.58 bits per heavy atom. The van der Waals surface area contributed by atoms with Crippen molar-refractivity contribution in [3.05, 3.63) is 36.0 Å². The van der Waals surface area contributed by atoms with E-state index < -0.39 is 11.8 Å². The Bertz CT molecular complexity index is 673. The van der Waals surface area contributed by atoms with Gasteiger partial charge in [0.15, 0.2) is 0 Å². The number of carbonyl (C=O) groups is 3. The van der Waals surface area contributed by atoms with E-state index in [1.165, 1.54) is 4.90 Å². The van der Waals surface area contributed by atoms with Crippen molar-refractivity contribution in [2.45, 2.75) is 0 Å². The van der Waals surface area contributed by atoms with E-state index in [1.807, 2.05) is 12.1 Å². The van der Waals surface area contributed by atoms with Crippen molar-refractivity contribution in [1.29, 1.82) is 0 Å². The zero-order chi connectivity index (χ0) is 13.4. The molecular weight excluding hydrogens is 246 g/mol. The van der Waals surface area contributed by atoms with Gasteiger partial charge in [0.2, 0.25) is 11.8 Å². The van der Waals surface area contributed by atoms with Gasteiger partial charge in [-0.1, -0.05) is 6.07 Å². The van der Waals surface area contributed by atoms with Gasteiger partial charge in [-0.25, -0.2) is 0 Å². The van der Waals surface area contributed by atoms with Crippen LogP contribution < -0.4 is 5.32 Å². The van der Waals surface area contributed by atoms with Crippen molar-refractivity contribution in [3.8, 4) is 0 Å². The minimum atomic E-state index is -0.453. The first-order chi connectivity index (χ1) is 9.13. The predicted molar refractivity (Wildman–Crippen MR) is 67.4 cm³/mol. The van der Waals surface area contributed by atoms with E-state index in [2.05, 4.69) is 10.3 Å². The van der Waals surface area contributed by atoms with Crippen LogP contribution in [0.1, 0.15) is 10.4 Å². The molecule has 0 bridgehead atoms. The summed E-state index contributed by atoms with van der Waals surface area (Å²) >= 11 is 0. The Balaban J connectivity index is 1.90. The second-order valence-corrected chi connectivity index (χ2v) is 4.41. The van der Waals surface area contributed by atoms with E-state index in [9.17, 15) is 14.4 Å². The first-order valence-corrected chi connectivity index (χ1v) is 5.82. The highest BCUT2D eigenvalue weighted by molar-refractivity contribution is 6.06. The molecule has 1 aliphatic rings. The number of amides is 3. The van der Waals surface area contributed by atoms with Gasteiger partial charge in [0.05, 0.1) is 0 Å². The molecule has 1 aliphatic heterocycles. The molecule has 2 aromatic rings. The van der Waals surface area contributed by atoms with E-state index in [0.717, 1.165) is 10.9 Å². The number of hydrogen-bond acceptors (Lipinski definition) is 3. The Morgan fingerprint density at radius 1 is 1.11 bits per heavy atom. The molecule has 3 amide bonds. The fourth-order valence-corrected chi connectivity index (χ4v) is 2.14. The number of benzene rings is 1. The first-order valence-electron chi connectivity index (χ1n) is 5.82. The summed E-state index contributed by atoms with van der Waals surface area (Å²) in [6, 6.07) is 7.14. The molecule has 0 aliphatic carbocycles. The van der Waals surface area contributed by atoms with E-state index in [1.54, 1.807) is 18.3 Å². The largest absolute Gasteiger partial charge is 0.361 e. The third-order valence-electron chi connectivity index (χ3n) is 3.04. The van der Waals surface area contributed by atoms with Crippen molar-refractivity contribution in [1.82, 2.24) is 15.2 Å². The quantitative estimate of drug-likeness (QED) is 0.719. The molecule has 19 heavy (non-hydrogen) atoms. The monoisotopic (exact) mass is 257 g/mol. The zero-order valence-electron chi connectivity index (χ0n) is 9.97. The smallest absolute Gasteiger partial charge is 0.254 e. The van der Waals surface area contributed by atoms with Gasteiger partial charge in [-0.2, -0.15) is 0 Å². The fourth-order valence-electron chi connectivity index (χ4n) is 2.14. The van der Waals surface area contributed by atoms with Crippen LogP contribution in [0.15, 0.2) is 30.5 Å². The van der Waals surface area contributed by atoms with Crippen molar-refractivity contribution in [3.63, 3.8) is 0 Å². The van der Waals surface area contributed by atoms with Gasteiger partial charge in [0.25, 0.3) is 5.91 Å². The molecule has 0 unspecified atom stereocenters. The molecule has 1 aromatic heterocycles. The minimum absolute atomic E-state index is 0.0899. The summed E-state index contributed by atoms with van der Waals surface area (Å²) in [6.07, 6.45) is 1.79. The van der Waals surface area contributed by atoms with Crippen molar-refractivity contribution in [2.24, 2.45) is 0 Å². The van der Waals surface area contributed by atoms with E-state index in [-0.39, 0.29) is 19.0 Å². The van der Waals surface area contributed by atoms with Crippen LogP contribution in [-0.4, -0.2) is 40.7 Å². The lowest BCUT2D eigenvalue weighted by atomic mass is 10.1. The lowest BCUT2D eigenvalue weighted by Gasteiger charge is -2.25. The van der Waals surface area contributed by atoms with Crippen molar-refractivity contribution >= 4 is 28.6 Å². The maximum atomic E-state index is 12.2. The highest BCUT2D eigenvalue weighted by atomic mass is 16.2. The lowest BCUT2D eigenvalue weighted by Crippen LogP contribution is -2.53. The average Bonchev–Trinajstić information content (AvgIpc) is 2.83. The Labute approximate surface area is 108 Å². The molecule has 6 nitrogen and oxygen atoms in total. The third-order valence-corrected chi connectivity index (χ3v) is 3.04. The summed E-state index contributed by atoms with van der Waals surface area (Å²) in [5.74, 6) is -1.23. The predicted octanol–water partition coefficient (Wildman–Crippen LogP) is 0.267. The summed E-state index contributed by atoms with van der Waals surface area (Å²) in [7, 11) is 0.